The number of hydrogen-bond donors (Lipinski definition) is 2. The molecule has 0 bridgehead atoms. The predicted octanol–water partition coefficient (Wildman–Crippen LogP) is 2.47. The summed E-state index contributed by atoms with van der Waals surface area (Å²) >= 11 is 0. The van der Waals surface area contributed by atoms with Crippen molar-refractivity contribution in [2.24, 2.45) is 5.92 Å². The molecule has 0 aliphatic carbocycles. The summed E-state index contributed by atoms with van der Waals surface area (Å²) in [6.45, 7) is 4.91. The van der Waals surface area contributed by atoms with Crippen molar-refractivity contribution < 1.29 is 9.21 Å². The first kappa shape index (κ1) is 13.2. The first-order valence-electron chi connectivity index (χ1n) is 7.21. The molecule has 4 heteroatoms. The molecule has 1 aliphatic rings. The smallest absolute Gasteiger partial charge is 0.287 e. The van der Waals surface area contributed by atoms with Gasteiger partial charge < -0.3 is 15.1 Å². The summed E-state index contributed by atoms with van der Waals surface area (Å²) < 4.78 is 5.58. The summed E-state index contributed by atoms with van der Waals surface area (Å²) in [6.07, 6.45) is 2.23. The van der Waals surface area contributed by atoms with Crippen LogP contribution in [0.1, 0.15) is 29.0 Å². The van der Waals surface area contributed by atoms with Gasteiger partial charge in [-0.3, -0.25) is 4.79 Å². The van der Waals surface area contributed by atoms with Crippen LogP contribution in [0.5, 0.6) is 0 Å². The number of nitrogens with one attached hydrogen (secondary N) is 2. The lowest BCUT2D eigenvalue weighted by Gasteiger charge is -2.08. The van der Waals surface area contributed by atoms with Crippen molar-refractivity contribution in [3.63, 3.8) is 0 Å². The molecule has 1 unspecified atom stereocenters. The van der Waals surface area contributed by atoms with Crippen LogP contribution in [0.15, 0.2) is 28.7 Å². The third-order valence-electron chi connectivity index (χ3n) is 3.90. The van der Waals surface area contributed by atoms with E-state index in [-0.39, 0.29) is 5.91 Å². The minimum Gasteiger partial charge on any atom is -0.451 e. The van der Waals surface area contributed by atoms with Crippen LogP contribution in [0.25, 0.3) is 11.0 Å². The van der Waals surface area contributed by atoms with E-state index in [2.05, 4.69) is 10.6 Å². The van der Waals surface area contributed by atoms with Crippen LogP contribution in [-0.4, -0.2) is 25.5 Å². The molecule has 0 saturated carbocycles. The molecule has 1 fully saturated rings. The first-order valence-corrected chi connectivity index (χ1v) is 7.21. The molecule has 4 nitrogen and oxygen atoms in total. The van der Waals surface area contributed by atoms with Gasteiger partial charge >= 0.3 is 0 Å². The average Bonchev–Trinajstić information content (AvgIpc) is 3.06. The van der Waals surface area contributed by atoms with Crippen molar-refractivity contribution in [1.29, 1.82) is 0 Å². The number of fused-ring (bicyclic) bond motifs is 1. The molecule has 2 N–H and O–H groups in total. The van der Waals surface area contributed by atoms with Crippen LogP contribution in [0.3, 0.4) is 0 Å². The molecule has 1 aromatic heterocycles. The third-order valence-corrected chi connectivity index (χ3v) is 3.90. The van der Waals surface area contributed by atoms with Gasteiger partial charge in [0.25, 0.3) is 5.91 Å². The van der Waals surface area contributed by atoms with Gasteiger partial charge in [-0.1, -0.05) is 11.6 Å². The van der Waals surface area contributed by atoms with E-state index < -0.39 is 0 Å². The number of rotatable bonds is 4. The van der Waals surface area contributed by atoms with E-state index in [1.165, 1.54) is 12.0 Å². The lowest BCUT2D eigenvalue weighted by Crippen LogP contribution is -2.26. The van der Waals surface area contributed by atoms with E-state index in [0.717, 1.165) is 30.5 Å². The number of benzene rings is 1. The molecule has 1 aromatic carbocycles. The van der Waals surface area contributed by atoms with Crippen molar-refractivity contribution in [2.75, 3.05) is 19.6 Å². The fourth-order valence-electron chi connectivity index (χ4n) is 2.71. The van der Waals surface area contributed by atoms with Crippen molar-refractivity contribution in [3.8, 4) is 0 Å². The van der Waals surface area contributed by atoms with Gasteiger partial charge in [0.05, 0.1) is 0 Å². The summed E-state index contributed by atoms with van der Waals surface area (Å²) in [7, 11) is 0. The second-order valence-corrected chi connectivity index (χ2v) is 5.56. The van der Waals surface area contributed by atoms with Crippen molar-refractivity contribution >= 4 is 16.9 Å². The third kappa shape index (κ3) is 2.85. The highest BCUT2D eigenvalue weighted by Crippen LogP contribution is 2.20. The molecule has 1 amide bonds. The van der Waals surface area contributed by atoms with Crippen molar-refractivity contribution in [1.82, 2.24) is 10.6 Å². The molecular weight excluding hydrogens is 252 g/mol. The van der Waals surface area contributed by atoms with Gasteiger partial charge in [0, 0.05) is 11.9 Å². The minimum atomic E-state index is -0.121. The highest BCUT2D eigenvalue weighted by molar-refractivity contribution is 5.96. The second-order valence-electron chi connectivity index (χ2n) is 5.56. The van der Waals surface area contributed by atoms with Gasteiger partial charge in [-0.15, -0.1) is 0 Å². The van der Waals surface area contributed by atoms with Crippen LogP contribution in [0.2, 0.25) is 0 Å². The van der Waals surface area contributed by atoms with E-state index >= 15 is 0 Å². The highest BCUT2D eigenvalue weighted by Gasteiger charge is 2.16. The summed E-state index contributed by atoms with van der Waals surface area (Å²) in [6, 6.07) is 7.74. The van der Waals surface area contributed by atoms with Gasteiger partial charge in [0.2, 0.25) is 0 Å². The van der Waals surface area contributed by atoms with Crippen molar-refractivity contribution in [3.05, 3.63) is 35.6 Å². The van der Waals surface area contributed by atoms with E-state index in [9.17, 15) is 4.79 Å². The molecule has 1 saturated heterocycles. The van der Waals surface area contributed by atoms with Gasteiger partial charge in [-0.25, -0.2) is 0 Å². The van der Waals surface area contributed by atoms with E-state index in [1.807, 2.05) is 31.2 Å². The van der Waals surface area contributed by atoms with Gasteiger partial charge in [-0.05, 0) is 57.0 Å². The summed E-state index contributed by atoms with van der Waals surface area (Å²) in [4.78, 5) is 12.1. The maximum absolute atomic E-state index is 12.1. The summed E-state index contributed by atoms with van der Waals surface area (Å²) in [5.74, 6) is 0.966. The lowest BCUT2D eigenvalue weighted by atomic mass is 10.1. The Kier molecular flexibility index (Phi) is 3.74. The predicted molar refractivity (Wildman–Crippen MR) is 78.9 cm³/mol. The molecule has 1 atom stereocenters. The standard InChI is InChI=1S/C16H20N2O2/c1-11-2-3-14-13(8-11)9-15(20-14)16(19)18-7-5-12-4-6-17-10-12/h2-3,8-9,12,17H,4-7,10H2,1H3,(H,18,19). The largest absolute Gasteiger partial charge is 0.451 e. The Labute approximate surface area is 118 Å². The van der Waals surface area contributed by atoms with Gasteiger partial charge in [0.1, 0.15) is 5.58 Å². The Morgan fingerprint density at radius 3 is 3.15 bits per heavy atom. The topological polar surface area (TPSA) is 54.3 Å². The maximum atomic E-state index is 12.1. The molecule has 2 aromatic rings. The number of amides is 1. The van der Waals surface area contributed by atoms with E-state index in [4.69, 9.17) is 4.42 Å². The molecule has 0 spiro atoms. The monoisotopic (exact) mass is 272 g/mol. The Hall–Kier alpha value is -1.81. The molecule has 0 radical (unpaired) electrons. The quantitative estimate of drug-likeness (QED) is 0.899. The number of furan rings is 1. The van der Waals surface area contributed by atoms with E-state index in [0.29, 0.717) is 18.2 Å². The molecule has 106 valence electrons. The van der Waals surface area contributed by atoms with Crippen molar-refractivity contribution in [2.45, 2.75) is 19.8 Å². The van der Waals surface area contributed by atoms with Gasteiger partial charge in [0.15, 0.2) is 5.76 Å². The van der Waals surface area contributed by atoms with E-state index in [1.54, 1.807) is 0 Å². The van der Waals surface area contributed by atoms with Gasteiger partial charge in [-0.2, -0.15) is 0 Å². The second kappa shape index (κ2) is 5.67. The summed E-state index contributed by atoms with van der Waals surface area (Å²) in [5.41, 5.74) is 1.93. The summed E-state index contributed by atoms with van der Waals surface area (Å²) in [5, 5.41) is 7.26. The minimum absolute atomic E-state index is 0.121. The Bertz CT molecular complexity index is 612. The SMILES string of the molecule is Cc1ccc2oc(C(=O)NCCC3CCNC3)cc2c1. The average molecular weight is 272 g/mol. The molecule has 1 aliphatic heterocycles. The Morgan fingerprint density at radius 2 is 2.35 bits per heavy atom. The lowest BCUT2D eigenvalue weighted by molar-refractivity contribution is 0.0926. The Balaban J connectivity index is 1.60. The Morgan fingerprint density at radius 1 is 1.45 bits per heavy atom. The maximum Gasteiger partial charge on any atom is 0.287 e. The normalized spacial score (nSPS) is 18.6. The fraction of sp³-hybridized carbons (Fsp3) is 0.438. The number of carbonyl (C=O) groups is 1. The van der Waals surface area contributed by atoms with Crippen LogP contribution < -0.4 is 10.6 Å². The number of hydrogen-bond acceptors (Lipinski definition) is 3. The zero-order chi connectivity index (χ0) is 13.9. The molecule has 3 rings (SSSR count). The zero-order valence-corrected chi connectivity index (χ0v) is 11.7. The van der Waals surface area contributed by atoms with Crippen LogP contribution >= 0.6 is 0 Å². The number of carbonyl (C=O) groups excluding carboxylic acids is 1. The number of aryl methyl sites for hydroxylation is 1. The first-order chi connectivity index (χ1) is 9.72. The molecule has 2 heterocycles. The molecular formula is C16H20N2O2. The molecule has 20 heavy (non-hydrogen) atoms. The van der Waals surface area contributed by atoms with Crippen LogP contribution in [0.4, 0.5) is 0 Å². The fourth-order valence-corrected chi connectivity index (χ4v) is 2.71. The zero-order valence-electron chi connectivity index (χ0n) is 11.7. The van der Waals surface area contributed by atoms with Crippen LogP contribution in [-0.2, 0) is 0 Å². The van der Waals surface area contributed by atoms with Crippen LogP contribution in [0, 0.1) is 12.8 Å². The highest BCUT2D eigenvalue weighted by atomic mass is 16.3.